The Kier molecular flexibility index (Phi) is 4.35. The summed E-state index contributed by atoms with van der Waals surface area (Å²) in [6, 6.07) is -0.566. The zero-order chi connectivity index (χ0) is 13.2. The smallest absolute Gasteiger partial charge is 0.407 e. The van der Waals surface area contributed by atoms with Crippen LogP contribution in [0.25, 0.3) is 0 Å². The zero-order valence-corrected chi connectivity index (χ0v) is 10.6. The first-order valence-electron chi connectivity index (χ1n) is 5.70. The molecule has 0 aromatic carbocycles. The van der Waals surface area contributed by atoms with Crippen LogP contribution in [0, 0.1) is 0 Å². The summed E-state index contributed by atoms with van der Waals surface area (Å²) >= 11 is 0. The standard InChI is InChI=1S/C11H21NO5/c1-6-5-7(8(13)9(14)16-6)12-10(15)17-11(2,3)4/h6-9,13-14H,5H2,1-4H3,(H,12,15)/t6-,7?,8?,9+/m1/s1. The minimum Gasteiger partial charge on any atom is -0.444 e. The van der Waals surface area contributed by atoms with E-state index in [9.17, 15) is 15.0 Å². The van der Waals surface area contributed by atoms with Crippen molar-refractivity contribution in [2.75, 3.05) is 0 Å². The van der Waals surface area contributed by atoms with E-state index in [1.165, 1.54) is 0 Å². The van der Waals surface area contributed by atoms with Crippen molar-refractivity contribution < 1.29 is 24.5 Å². The number of carbonyl (C=O) groups excluding carboxylic acids is 1. The van der Waals surface area contributed by atoms with Crippen LogP contribution in [-0.4, -0.2) is 46.4 Å². The summed E-state index contributed by atoms with van der Waals surface area (Å²) in [5, 5.41) is 21.6. The Bertz CT molecular complexity index is 276. The monoisotopic (exact) mass is 247 g/mol. The summed E-state index contributed by atoms with van der Waals surface area (Å²) in [6.45, 7) is 7.03. The van der Waals surface area contributed by atoms with Gasteiger partial charge in [-0.05, 0) is 34.1 Å². The van der Waals surface area contributed by atoms with Crippen LogP contribution in [0.3, 0.4) is 0 Å². The van der Waals surface area contributed by atoms with Crippen molar-refractivity contribution in [2.24, 2.45) is 0 Å². The highest BCUT2D eigenvalue weighted by Crippen LogP contribution is 2.19. The van der Waals surface area contributed by atoms with E-state index in [-0.39, 0.29) is 6.10 Å². The van der Waals surface area contributed by atoms with Gasteiger partial charge in [0.15, 0.2) is 6.29 Å². The molecule has 0 saturated carbocycles. The third kappa shape index (κ3) is 4.49. The van der Waals surface area contributed by atoms with E-state index < -0.39 is 30.1 Å². The highest BCUT2D eigenvalue weighted by Gasteiger charge is 2.36. The Balaban J connectivity index is 2.52. The molecule has 4 atom stereocenters. The topological polar surface area (TPSA) is 88.0 Å². The van der Waals surface area contributed by atoms with Gasteiger partial charge in [0.1, 0.15) is 11.7 Å². The maximum absolute atomic E-state index is 11.5. The Morgan fingerprint density at radius 3 is 2.53 bits per heavy atom. The summed E-state index contributed by atoms with van der Waals surface area (Å²) in [6.07, 6.45) is -2.83. The lowest BCUT2D eigenvalue weighted by atomic mass is 10.0. The van der Waals surface area contributed by atoms with Crippen molar-refractivity contribution in [3.05, 3.63) is 0 Å². The van der Waals surface area contributed by atoms with Crippen molar-refractivity contribution in [2.45, 2.75) is 64.3 Å². The quantitative estimate of drug-likeness (QED) is 0.623. The molecule has 1 fully saturated rings. The van der Waals surface area contributed by atoms with E-state index in [1.807, 2.05) is 0 Å². The highest BCUT2D eigenvalue weighted by atomic mass is 16.6. The first-order valence-corrected chi connectivity index (χ1v) is 5.70. The number of aliphatic hydroxyl groups is 2. The molecule has 1 aliphatic rings. The molecule has 0 bridgehead atoms. The molecule has 1 rings (SSSR count). The number of nitrogens with one attached hydrogen (secondary N) is 1. The molecule has 1 aliphatic heterocycles. The third-order valence-electron chi connectivity index (χ3n) is 2.36. The number of ether oxygens (including phenoxy) is 2. The largest absolute Gasteiger partial charge is 0.444 e. The molecule has 6 heteroatoms. The Hall–Kier alpha value is -0.850. The van der Waals surface area contributed by atoms with Crippen LogP contribution in [0.4, 0.5) is 4.79 Å². The minimum atomic E-state index is -1.28. The Morgan fingerprint density at radius 1 is 1.41 bits per heavy atom. The maximum atomic E-state index is 11.5. The number of hydrogen-bond donors (Lipinski definition) is 3. The fourth-order valence-electron chi connectivity index (χ4n) is 1.67. The van der Waals surface area contributed by atoms with Gasteiger partial charge in [-0.3, -0.25) is 0 Å². The van der Waals surface area contributed by atoms with Gasteiger partial charge >= 0.3 is 6.09 Å². The number of amides is 1. The van der Waals surface area contributed by atoms with Crippen LogP contribution in [-0.2, 0) is 9.47 Å². The first kappa shape index (κ1) is 14.2. The number of rotatable bonds is 1. The molecule has 0 radical (unpaired) electrons. The predicted octanol–water partition coefficient (Wildman–Crippen LogP) is 0.368. The van der Waals surface area contributed by atoms with Gasteiger partial charge in [-0.15, -0.1) is 0 Å². The van der Waals surface area contributed by atoms with E-state index >= 15 is 0 Å². The van der Waals surface area contributed by atoms with Gasteiger partial charge < -0.3 is 25.0 Å². The van der Waals surface area contributed by atoms with Crippen LogP contribution in [0.5, 0.6) is 0 Å². The van der Waals surface area contributed by atoms with Crippen molar-refractivity contribution in [3.63, 3.8) is 0 Å². The van der Waals surface area contributed by atoms with Crippen LogP contribution in [0.1, 0.15) is 34.1 Å². The molecule has 0 spiro atoms. The second-order valence-corrected chi connectivity index (χ2v) is 5.32. The lowest BCUT2D eigenvalue weighted by Crippen LogP contribution is -2.55. The van der Waals surface area contributed by atoms with E-state index in [2.05, 4.69) is 5.32 Å². The summed E-state index contributed by atoms with van der Waals surface area (Å²) in [5.41, 5.74) is -0.593. The minimum absolute atomic E-state index is 0.228. The van der Waals surface area contributed by atoms with E-state index in [0.29, 0.717) is 6.42 Å². The lowest BCUT2D eigenvalue weighted by Gasteiger charge is -2.36. The average Bonchev–Trinajstić information content (AvgIpc) is 2.10. The highest BCUT2D eigenvalue weighted by molar-refractivity contribution is 5.68. The normalized spacial score (nSPS) is 34.2. The predicted molar refractivity (Wildman–Crippen MR) is 60.3 cm³/mol. The van der Waals surface area contributed by atoms with Crippen molar-refractivity contribution in [1.29, 1.82) is 0 Å². The zero-order valence-electron chi connectivity index (χ0n) is 10.6. The molecule has 2 unspecified atom stereocenters. The fraction of sp³-hybridized carbons (Fsp3) is 0.909. The molecule has 1 amide bonds. The molecule has 1 heterocycles. The lowest BCUT2D eigenvalue weighted by molar-refractivity contribution is -0.219. The molecule has 1 saturated heterocycles. The Morgan fingerprint density at radius 2 is 2.00 bits per heavy atom. The molecular formula is C11H21NO5. The van der Waals surface area contributed by atoms with Crippen LogP contribution in [0.15, 0.2) is 0 Å². The molecular weight excluding hydrogens is 226 g/mol. The van der Waals surface area contributed by atoms with Gasteiger partial charge in [0.25, 0.3) is 0 Å². The SMILES string of the molecule is C[C@@H]1CC(NC(=O)OC(C)(C)C)C(O)[C@@H](O)O1. The second-order valence-electron chi connectivity index (χ2n) is 5.32. The number of hydrogen-bond acceptors (Lipinski definition) is 5. The van der Waals surface area contributed by atoms with Gasteiger partial charge in [0, 0.05) is 0 Å². The number of carbonyl (C=O) groups is 1. The molecule has 0 aromatic rings. The summed E-state index contributed by atoms with van der Waals surface area (Å²) in [4.78, 5) is 11.5. The van der Waals surface area contributed by atoms with E-state index in [4.69, 9.17) is 9.47 Å². The molecule has 17 heavy (non-hydrogen) atoms. The maximum Gasteiger partial charge on any atom is 0.407 e. The van der Waals surface area contributed by atoms with Crippen molar-refractivity contribution in [3.8, 4) is 0 Å². The molecule has 3 N–H and O–H groups in total. The first-order chi connectivity index (χ1) is 7.69. The number of aliphatic hydroxyl groups excluding tert-OH is 2. The molecule has 6 nitrogen and oxygen atoms in total. The van der Waals surface area contributed by atoms with Gasteiger partial charge in [-0.2, -0.15) is 0 Å². The number of alkyl carbamates (subject to hydrolysis) is 1. The second kappa shape index (κ2) is 5.20. The Labute approximate surface area is 101 Å². The van der Waals surface area contributed by atoms with Crippen molar-refractivity contribution >= 4 is 6.09 Å². The van der Waals surface area contributed by atoms with Gasteiger partial charge in [0.05, 0.1) is 12.1 Å². The van der Waals surface area contributed by atoms with E-state index in [1.54, 1.807) is 27.7 Å². The molecule has 100 valence electrons. The van der Waals surface area contributed by atoms with Gasteiger partial charge in [0.2, 0.25) is 0 Å². The van der Waals surface area contributed by atoms with E-state index in [0.717, 1.165) is 0 Å². The summed E-state index contributed by atoms with van der Waals surface area (Å²) in [7, 11) is 0. The third-order valence-corrected chi connectivity index (χ3v) is 2.36. The molecule has 0 aliphatic carbocycles. The average molecular weight is 247 g/mol. The van der Waals surface area contributed by atoms with Gasteiger partial charge in [-0.25, -0.2) is 4.79 Å². The van der Waals surface area contributed by atoms with Crippen LogP contribution < -0.4 is 5.32 Å². The van der Waals surface area contributed by atoms with Crippen LogP contribution >= 0.6 is 0 Å². The molecule has 0 aromatic heterocycles. The summed E-state index contributed by atoms with van der Waals surface area (Å²) in [5.74, 6) is 0. The van der Waals surface area contributed by atoms with Crippen LogP contribution in [0.2, 0.25) is 0 Å². The fourth-order valence-corrected chi connectivity index (χ4v) is 1.67. The van der Waals surface area contributed by atoms with Gasteiger partial charge in [-0.1, -0.05) is 0 Å². The summed E-state index contributed by atoms with van der Waals surface area (Å²) < 4.78 is 10.1. The van der Waals surface area contributed by atoms with Crippen molar-refractivity contribution in [1.82, 2.24) is 5.32 Å².